The third-order valence-corrected chi connectivity index (χ3v) is 10.8. The fourth-order valence-corrected chi connectivity index (χ4v) is 7.87. The van der Waals surface area contributed by atoms with Crippen molar-refractivity contribution in [2.24, 2.45) is 0 Å². The summed E-state index contributed by atoms with van der Waals surface area (Å²) in [5.74, 6) is 0. The Morgan fingerprint density at radius 1 is 0.727 bits per heavy atom. The molecule has 0 saturated carbocycles. The van der Waals surface area contributed by atoms with E-state index in [4.69, 9.17) is 9.47 Å². The molecule has 0 spiro atoms. The van der Waals surface area contributed by atoms with Crippen molar-refractivity contribution in [2.75, 3.05) is 19.6 Å². The quantitative estimate of drug-likeness (QED) is 0.110. The van der Waals surface area contributed by atoms with Crippen molar-refractivity contribution in [3.8, 4) is 11.1 Å². The van der Waals surface area contributed by atoms with Crippen LogP contribution < -0.4 is 16.3 Å². The number of para-hydroxylation sites is 2. The highest BCUT2D eigenvalue weighted by molar-refractivity contribution is 5.75. The van der Waals surface area contributed by atoms with E-state index in [0.29, 0.717) is 19.5 Å². The van der Waals surface area contributed by atoms with Gasteiger partial charge in [0.25, 0.3) is 0 Å². The molecule has 0 unspecified atom stereocenters. The predicted octanol–water partition coefficient (Wildman–Crippen LogP) is 7.37. The number of carbonyl (C=O) groups excluding carboxylic acids is 1. The number of fused-ring (bicyclic) bond motifs is 1. The molecule has 8 rings (SSSR count). The SMILES string of the molecule is O=C(NCc1ccccc1)NCc1cccc(-c2cccc([C@@H]3O[C@H](CN4CCC(n5c(=O)[nH]c6ccccc65)CC4)C[C@H](c4ccc(CO)cc4)O3)c2)c1. The summed E-state index contributed by atoms with van der Waals surface area (Å²) in [4.78, 5) is 30.9. The molecule has 4 N–H and O–H groups in total. The van der Waals surface area contributed by atoms with Crippen molar-refractivity contribution in [2.45, 2.75) is 63.5 Å². The number of aliphatic hydroxyl groups excluding tert-OH is 1. The fraction of sp³-hybridized carbons (Fsp3) is 0.289. The number of nitrogens with one attached hydrogen (secondary N) is 3. The number of aromatic nitrogens is 2. The molecule has 2 aliphatic heterocycles. The molecule has 3 atom stereocenters. The summed E-state index contributed by atoms with van der Waals surface area (Å²) in [6, 6.07) is 42.1. The molecule has 3 heterocycles. The van der Waals surface area contributed by atoms with Crippen LogP contribution in [0.25, 0.3) is 22.2 Å². The smallest absolute Gasteiger partial charge is 0.326 e. The Kier molecular flexibility index (Phi) is 11.2. The van der Waals surface area contributed by atoms with E-state index in [-0.39, 0.29) is 36.6 Å². The molecule has 282 valence electrons. The molecular formula is C45H47N5O5. The first kappa shape index (κ1) is 36.5. The number of benzene rings is 5. The number of hydrogen-bond donors (Lipinski definition) is 4. The van der Waals surface area contributed by atoms with Crippen LogP contribution in [0, 0.1) is 0 Å². The number of nitrogens with zero attached hydrogens (tertiary/aromatic N) is 2. The third kappa shape index (κ3) is 8.74. The second-order valence-electron chi connectivity index (χ2n) is 14.5. The average molecular weight is 738 g/mol. The van der Waals surface area contributed by atoms with Gasteiger partial charge in [-0.05, 0) is 70.5 Å². The number of piperidine rings is 1. The minimum Gasteiger partial charge on any atom is -0.392 e. The summed E-state index contributed by atoms with van der Waals surface area (Å²) in [6.45, 7) is 3.35. The van der Waals surface area contributed by atoms with Crippen LogP contribution in [0.4, 0.5) is 4.79 Å². The number of rotatable bonds is 11. The number of hydrogen-bond acceptors (Lipinski definition) is 6. The zero-order valence-electron chi connectivity index (χ0n) is 30.8. The van der Waals surface area contributed by atoms with Crippen LogP contribution >= 0.6 is 0 Å². The topological polar surface area (TPSA) is 121 Å². The van der Waals surface area contributed by atoms with Gasteiger partial charge in [0.15, 0.2) is 6.29 Å². The number of likely N-dealkylation sites (tertiary alicyclic amines) is 1. The fourth-order valence-electron chi connectivity index (χ4n) is 7.87. The maximum Gasteiger partial charge on any atom is 0.326 e. The molecule has 2 amide bonds. The number of aromatic amines is 1. The van der Waals surface area contributed by atoms with Gasteiger partial charge < -0.3 is 35.1 Å². The van der Waals surface area contributed by atoms with Gasteiger partial charge in [-0.1, -0.05) is 103 Å². The number of H-pyrrole nitrogens is 1. The van der Waals surface area contributed by atoms with Crippen LogP contribution in [-0.4, -0.2) is 51.3 Å². The highest BCUT2D eigenvalue weighted by atomic mass is 16.7. The predicted molar refractivity (Wildman–Crippen MR) is 213 cm³/mol. The summed E-state index contributed by atoms with van der Waals surface area (Å²) >= 11 is 0. The lowest BCUT2D eigenvalue weighted by molar-refractivity contribution is -0.253. The van der Waals surface area contributed by atoms with Crippen LogP contribution in [0.2, 0.25) is 0 Å². The minimum absolute atomic E-state index is 0.00764. The summed E-state index contributed by atoms with van der Waals surface area (Å²) < 4.78 is 15.4. The molecule has 0 bridgehead atoms. The lowest BCUT2D eigenvalue weighted by Gasteiger charge is -2.40. The molecule has 5 aromatic carbocycles. The van der Waals surface area contributed by atoms with E-state index < -0.39 is 6.29 Å². The zero-order valence-corrected chi connectivity index (χ0v) is 30.8. The van der Waals surface area contributed by atoms with Crippen LogP contribution in [0.5, 0.6) is 0 Å². The lowest BCUT2D eigenvalue weighted by Crippen LogP contribution is -2.43. The Morgan fingerprint density at radius 2 is 1.42 bits per heavy atom. The average Bonchev–Trinajstić information content (AvgIpc) is 3.58. The largest absolute Gasteiger partial charge is 0.392 e. The first-order valence-electron chi connectivity index (χ1n) is 19.2. The Labute approximate surface area is 320 Å². The van der Waals surface area contributed by atoms with Crippen LogP contribution in [0.1, 0.15) is 65.5 Å². The Bertz CT molecular complexity index is 2260. The number of urea groups is 1. The Hall–Kier alpha value is -5.52. The molecule has 2 saturated heterocycles. The van der Waals surface area contributed by atoms with Gasteiger partial charge in [0.1, 0.15) is 0 Å². The minimum atomic E-state index is -0.582. The van der Waals surface area contributed by atoms with E-state index in [1.165, 1.54) is 0 Å². The van der Waals surface area contributed by atoms with Gasteiger partial charge in [-0.25, -0.2) is 9.59 Å². The molecule has 1 aromatic heterocycles. The first-order chi connectivity index (χ1) is 27.0. The number of amides is 2. The van der Waals surface area contributed by atoms with E-state index in [1.54, 1.807) is 0 Å². The molecule has 2 aliphatic rings. The van der Waals surface area contributed by atoms with Gasteiger partial charge in [-0.15, -0.1) is 0 Å². The van der Waals surface area contributed by atoms with E-state index in [9.17, 15) is 14.7 Å². The molecule has 6 aromatic rings. The lowest BCUT2D eigenvalue weighted by atomic mass is 9.97. The monoisotopic (exact) mass is 737 g/mol. The molecule has 0 aliphatic carbocycles. The molecule has 10 nitrogen and oxygen atoms in total. The van der Waals surface area contributed by atoms with Crippen molar-refractivity contribution in [3.05, 3.63) is 166 Å². The summed E-state index contributed by atoms with van der Waals surface area (Å²) in [5, 5.41) is 15.5. The summed E-state index contributed by atoms with van der Waals surface area (Å²) in [7, 11) is 0. The van der Waals surface area contributed by atoms with E-state index in [0.717, 1.165) is 82.5 Å². The van der Waals surface area contributed by atoms with E-state index in [1.807, 2.05) is 102 Å². The second kappa shape index (κ2) is 16.9. The number of aliphatic hydroxyl groups is 1. The van der Waals surface area contributed by atoms with Crippen molar-refractivity contribution in [1.29, 1.82) is 0 Å². The van der Waals surface area contributed by atoms with Crippen molar-refractivity contribution < 1.29 is 19.4 Å². The standard InChI is InChI=1S/C45H47N5O5/c51-30-32-16-18-34(19-17-32)42-26-39(29-49-22-20-38(21-23-49)50-41-15-5-4-14-40(41)48-45(50)53)54-43(55-42)37-13-7-12-36(25-37)35-11-6-10-33(24-35)28-47-44(52)46-27-31-8-2-1-3-9-31/h1-19,24-25,38-39,42-43,51H,20-23,26-30H2,(H,48,53)(H2,46,47,52)/t39-,42+,43+/m0/s1. The number of ether oxygens (including phenoxy) is 2. The van der Waals surface area contributed by atoms with Crippen molar-refractivity contribution >= 4 is 17.1 Å². The number of carbonyl (C=O) groups is 1. The highest BCUT2D eigenvalue weighted by Crippen LogP contribution is 2.39. The highest BCUT2D eigenvalue weighted by Gasteiger charge is 2.34. The third-order valence-electron chi connectivity index (χ3n) is 10.8. The van der Waals surface area contributed by atoms with Crippen molar-refractivity contribution in [1.82, 2.24) is 25.1 Å². The molecule has 2 fully saturated rings. The van der Waals surface area contributed by atoms with Gasteiger partial charge in [0.2, 0.25) is 0 Å². The molecule has 0 radical (unpaired) electrons. The Balaban J connectivity index is 0.949. The molecular weight excluding hydrogens is 691 g/mol. The normalized spacial score (nSPS) is 19.3. The van der Waals surface area contributed by atoms with Crippen LogP contribution in [0.3, 0.4) is 0 Å². The summed E-state index contributed by atoms with van der Waals surface area (Å²) in [5.41, 5.74) is 8.74. The van der Waals surface area contributed by atoms with E-state index >= 15 is 0 Å². The van der Waals surface area contributed by atoms with Gasteiger partial charge in [-0.2, -0.15) is 0 Å². The van der Waals surface area contributed by atoms with Crippen LogP contribution in [-0.2, 0) is 29.2 Å². The second-order valence-corrected chi connectivity index (χ2v) is 14.5. The van der Waals surface area contributed by atoms with Gasteiger partial charge >= 0.3 is 11.7 Å². The molecule has 10 heteroatoms. The first-order valence-corrected chi connectivity index (χ1v) is 19.2. The van der Waals surface area contributed by atoms with E-state index in [2.05, 4.69) is 50.8 Å². The van der Waals surface area contributed by atoms with Crippen molar-refractivity contribution in [3.63, 3.8) is 0 Å². The van der Waals surface area contributed by atoms with Gasteiger partial charge in [-0.3, -0.25) is 4.57 Å². The number of imidazole rings is 1. The van der Waals surface area contributed by atoms with Gasteiger partial charge in [0.05, 0.1) is 29.8 Å². The van der Waals surface area contributed by atoms with Crippen LogP contribution in [0.15, 0.2) is 132 Å². The Morgan fingerprint density at radius 3 is 2.20 bits per heavy atom. The van der Waals surface area contributed by atoms with Gasteiger partial charge in [0, 0.05) is 50.7 Å². The maximum absolute atomic E-state index is 12.9. The maximum atomic E-state index is 12.9. The zero-order chi connectivity index (χ0) is 37.6. The summed E-state index contributed by atoms with van der Waals surface area (Å²) in [6.07, 6.45) is 1.61. The molecule has 55 heavy (non-hydrogen) atoms.